The third-order valence-electron chi connectivity index (χ3n) is 2.84. The average molecular weight is 346 g/mol. The van der Waals surface area contributed by atoms with Crippen molar-refractivity contribution >= 4 is 11.4 Å². The zero-order chi connectivity index (χ0) is 18.0. The minimum Gasteiger partial charge on any atom is -0.406 e. The van der Waals surface area contributed by atoms with Gasteiger partial charge in [-0.2, -0.15) is 18.4 Å². The first-order valence-electron chi connectivity index (χ1n) is 6.33. The molecule has 0 heterocycles. The van der Waals surface area contributed by atoms with Crippen LogP contribution in [0.3, 0.4) is 0 Å². The fourth-order valence-electron chi connectivity index (χ4n) is 1.82. The zero-order valence-corrected chi connectivity index (χ0v) is 11.7. The minimum atomic E-state index is -4.89. The van der Waals surface area contributed by atoms with Crippen LogP contribution >= 0.6 is 0 Å². The molecule has 0 aromatic heterocycles. The fraction of sp³-hybridized carbons (Fsp3) is 0.133. The summed E-state index contributed by atoms with van der Waals surface area (Å²) >= 11 is 0. The van der Waals surface area contributed by atoms with E-state index in [1.54, 1.807) is 6.07 Å². The lowest BCUT2D eigenvalue weighted by Gasteiger charge is -2.13. The van der Waals surface area contributed by atoms with Crippen LogP contribution < -0.4 is 10.1 Å². The Kier molecular flexibility index (Phi) is 4.59. The molecule has 3 nitrogen and oxygen atoms in total. The summed E-state index contributed by atoms with van der Waals surface area (Å²) < 4.78 is 77.6. The van der Waals surface area contributed by atoms with Gasteiger partial charge in [0, 0.05) is 11.8 Å². The van der Waals surface area contributed by atoms with E-state index in [4.69, 9.17) is 5.26 Å². The molecule has 0 radical (unpaired) electrons. The number of nitriles is 1. The van der Waals surface area contributed by atoms with Crippen molar-refractivity contribution in [1.29, 1.82) is 5.26 Å². The van der Waals surface area contributed by atoms with Crippen LogP contribution in [0.2, 0.25) is 0 Å². The predicted octanol–water partition coefficient (Wildman–Crippen LogP) is 5.22. The Bertz CT molecular complexity index is 760. The molecule has 0 saturated carbocycles. The van der Waals surface area contributed by atoms with Gasteiger partial charge in [0.25, 0.3) is 0 Å². The van der Waals surface area contributed by atoms with Crippen LogP contribution in [-0.4, -0.2) is 6.36 Å². The molecule has 0 amide bonds. The Morgan fingerprint density at radius 3 is 2.04 bits per heavy atom. The Morgan fingerprint density at radius 1 is 0.917 bits per heavy atom. The van der Waals surface area contributed by atoms with Crippen molar-refractivity contribution < 1.29 is 31.1 Å². The van der Waals surface area contributed by atoms with Gasteiger partial charge in [0.15, 0.2) is 0 Å². The first kappa shape index (κ1) is 17.5. The molecule has 126 valence electrons. The van der Waals surface area contributed by atoms with Crippen LogP contribution in [0.25, 0.3) is 0 Å². The Balaban J connectivity index is 2.22. The van der Waals surface area contributed by atoms with E-state index >= 15 is 0 Å². The number of nitrogens with zero attached hydrogens (tertiary/aromatic N) is 1. The van der Waals surface area contributed by atoms with Crippen LogP contribution in [0.5, 0.6) is 5.75 Å². The number of anilines is 2. The van der Waals surface area contributed by atoms with Gasteiger partial charge in [0.05, 0.1) is 16.8 Å². The van der Waals surface area contributed by atoms with Crippen LogP contribution in [0.1, 0.15) is 11.1 Å². The largest absolute Gasteiger partial charge is 0.573 e. The summed E-state index contributed by atoms with van der Waals surface area (Å²) in [6.45, 7) is 0. The standard InChI is InChI=1S/C15H8F6N2O/c16-14(17,18)10-1-3-11(4-2-10)23-13-6-5-12(7-9(13)8-22)24-15(19,20)21/h1-7,23H. The van der Waals surface area contributed by atoms with Gasteiger partial charge < -0.3 is 10.1 Å². The summed E-state index contributed by atoms with van der Waals surface area (Å²) in [6.07, 6.45) is -9.37. The second kappa shape index (κ2) is 6.31. The number of hydrogen-bond donors (Lipinski definition) is 1. The highest BCUT2D eigenvalue weighted by Crippen LogP contribution is 2.32. The summed E-state index contributed by atoms with van der Waals surface area (Å²) in [5.41, 5.74) is -0.630. The normalized spacial score (nSPS) is 11.7. The molecule has 0 unspecified atom stereocenters. The van der Waals surface area contributed by atoms with Crippen molar-refractivity contribution in [1.82, 2.24) is 0 Å². The quantitative estimate of drug-likeness (QED) is 0.775. The molecule has 0 spiro atoms. The van der Waals surface area contributed by atoms with E-state index in [1.807, 2.05) is 0 Å². The van der Waals surface area contributed by atoms with E-state index in [9.17, 15) is 26.3 Å². The van der Waals surface area contributed by atoms with Crippen molar-refractivity contribution in [2.45, 2.75) is 12.5 Å². The van der Waals surface area contributed by atoms with E-state index in [0.717, 1.165) is 42.5 Å². The average Bonchev–Trinajstić information content (AvgIpc) is 2.47. The van der Waals surface area contributed by atoms with Crippen LogP contribution in [-0.2, 0) is 6.18 Å². The van der Waals surface area contributed by atoms with Crippen molar-refractivity contribution in [2.75, 3.05) is 5.32 Å². The molecule has 0 aliphatic heterocycles. The SMILES string of the molecule is N#Cc1cc(OC(F)(F)F)ccc1Nc1ccc(C(F)(F)F)cc1. The molecule has 0 atom stereocenters. The van der Waals surface area contributed by atoms with Crippen molar-refractivity contribution in [3.8, 4) is 11.8 Å². The van der Waals surface area contributed by atoms with Gasteiger partial charge in [-0.15, -0.1) is 13.2 Å². The molecule has 0 aliphatic rings. The summed E-state index contributed by atoms with van der Waals surface area (Å²) in [5, 5.41) is 11.7. The fourth-order valence-corrected chi connectivity index (χ4v) is 1.82. The lowest BCUT2D eigenvalue weighted by molar-refractivity contribution is -0.274. The van der Waals surface area contributed by atoms with Gasteiger partial charge >= 0.3 is 12.5 Å². The maximum Gasteiger partial charge on any atom is 0.573 e. The Morgan fingerprint density at radius 2 is 1.54 bits per heavy atom. The van der Waals surface area contributed by atoms with Crippen molar-refractivity contribution in [2.24, 2.45) is 0 Å². The van der Waals surface area contributed by atoms with Crippen LogP contribution in [0, 0.1) is 11.3 Å². The topological polar surface area (TPSA) is 45.0 Å². The zero-order valence-electron chi connectivity index (χ0n) is 11.7. The molecule has 0 aliphatic carbocycles. The molecule has 0 bridgehead atoms. The first-order chi connectivity index (χ1) is 11.1. The Labute approximate surface area is 132 Å². The van der Waals surface area contributed by atoms with Crippen molar-refractivity contribution in [3.63, 3.8) is 0 Å². The van der Waals surface area contributed by atoms with E-state index in [0.29, 0.717) is 0 Å². The third kappa shape index (κ3) is 4.55. The molecular weight excluding hydrogens is 338 g/mol. The number of rotatable bonds is 3. The molecule has 9 heteroatoms. The van der Waals surface area contributed by atoms with Gasteiger partial charge in [-0.05, 0) is 36.4 Å². The molecule has 2 rings (SSSR count). The maximum atomic E-state index is 12.5. The number of nitrogens with one attached hydrogen (secondary N) is 1. The van der Waals surface area contributed by atoms with Crippen molar-refractivity contribution in [3.05, 3.63) is 53.6 Å². The summed E-state index contributed by atoms with van der Waals surface area (Å²) in [4.78, 5) is 0. The van der Waals surface area contributed by atoms with E-state index < -0.39 is 23.9 Å². The summed E-state index contributed by atoms with van der Waals surface area (Å²) in [5.74, 6) is -0.572. The van der Waals surface area contributed by atoms with Crippen LogP contribution in [0.4, 0.5) is 37.7 Å². The van der Waals surface area contributed by atoms with Gasteiger partial charge in [0.2, 0.25) is 0 Å². The smallest absolute Gasteiger partial charge is 0.406 e. The van der Waals surface area contributed by atoms with E-state index in [-0.39, 0.29) is 16.9 Å². The Hall–Kier alpha value is -2.89. The molecule has 2 aromatic rings. The molecule has 0 saturated heterocycles. The van der Waals surface area contributed by atoms with E-state index in [1.165, 1.54) is 0 Å². The second-order valence-electron chi connectivity index (χ2n) is 4.57. The highest BCUT2D eigenvalue weighted by molar-refractivity contribution is 5.67. The molecule has 1 N–H and O–H groups in total. The lowest BCUT2D eigenvalue weighted by Crippen LogP contribution is -2.17. The molecule has 24 heavy (non-hydrogen) atoms. The highest BCUT2D eigenvalue weighted by atomic mass is 19.4. The summed E-state index contributed by atoms with van der Waals surface area (Å²) in [7, 11) is 0. The highest BCUT2D eigenvalue weighted by Gasteiger charge is 2.31. The molecular formula is C15H8F6N2O. The lowest BCUT2D eigenvalue weighted by atomic mass is 10.1. The van der Waals surface area contributed by atoms with Gasteiger partial charge in [0.1, 0.15) is 11.8 Å². The van der Waals surface area contributed by atoms with Crippen LogP contribution in [0.15, 0.2) is 42.5 Å². The summed E-state index contributed by atoms with van der Waals surface area (Å²) in [6, 6.07) is 8.68. The van der Waals surface area contributed by atoms with Gasteiger partial charge in [-0.3, -0.25) is 0 Å². The number of hydrogen-bond acceptors (Lipinski definition) is 3. The molecule has 0 fully saturated rings. The predicted molar refractivity (Wildman–Crippen MR) is 72.6 cm³/mol. The van der Waals surface area contributed by atoms with Gasteiger partial charge in [-0.1, -0.05) is 0 Å². The first-order valence-corrected chi connectivity index (χ1v) is 6.33. The molecule has 2 aromatic carbocycles. The van der Waals surface area contributed by atoms with Gasteiger partial charge in [-0.25, -0.2) is 0 Å². The van der Waals surface area contributed by atoms with E-state index in [2.05, 4.69) is 10.1 Å². The maximum absolute atomic E-state index is 12.5. The number of halogens is 6. The number of benzene rings is 2. The number of alkyl halides is 6. The number of ether oxygens (including phenoxy) is 1. The monoisotopic (exact) mass is 346 g/mol. The third-order valence-corrected chi connectivity index (χ3v) is 2.84. The minimum absolute atomic E-state index is 0.131. The second-order valence-corrected chi connectivity index (χ2v) is 4.57.